The lowest BCUT2D eigenvalue weighted by molar-refractivity contribution is 0.103. The van der Waals surface area contributed by atoms with Crippen LogP contribution in [0.5, 0.6) is 11.5 Å². The number of hydrogen-bond acceptors (Lipinski definition) is 3. The van der Waals surface area contributed by atoms with E-state index in [4.69, 9.17) is 21.1 Å². The number of carbonyl (C=O) groups is 1. The lowest BCUT2D eigenvalue weighted by atomic mass is 10.0. The van der Waals surface area contributed by atoms with Gasteiger partial charge in [0.2, 0.25) is 0 Å². The van der Waals surface area contributed by atoms with Crippen molar-refractivity contribution in [2.24, 2.45) is 0 Å². The topological polar surface area (TPSA) is 35.5 Å². The molecule has 2 aromatic rings. The van der Waals surface area contributed by atoms with Gasteiger partial charge >= 0.3 is 0 Å². The second kappa shape index (κ2) is 6.45. The number of hydrogen-bond donors (Lipinski definition) is 0. The van der Waals surface area contributed by atoms with Crippen LogP contribution in [0.2, 0.25) is 5.02 Å². The van der Waals surface area contributed by atoms with Gasteiger partial charge in [-0.05, 0) is 59.0 Å². The van der Waals surface area contributed by atoms with Crippen LogP contribution in [-0.2, 0) is 0 Å². The van der Waals surface area contributed by atoms with Crippen molar-refractivity contribution < 1.29 is 14.3 Å². The highest BCUT2D eigenvalue weighted by molar-refractivity contribution is 14.1. The molecule has 20 heavy (non-hydrogen) atoms. The zero-order valence-electron chi connectivity index (χ0n) is 10.9. The number of benzene rings is 2. The molecule has 2 rings (SSSR count). The molecule has 0 heterocycles. The Morgan fingerprint density at radius 3 is 2.40 bits per heavy atom. The van der Waals surface area contributed by atoms with Gasteiger partial charge in [0.15, 0.2) is 17.3 Å². The molecular formula is C15H12ClIO3. The fourth-order valence-electron chi connectivity index (χ4n) is 1.80. The molecule has 0 spiro atoms. The van der Waals surface area contributed by atoms with Crippen molar-refractivity contribution in [2.45, 2.75) is 0 Å². The molecule has 104 valence electrons. The zero-order chi connectivity index (χ0) is 14.7. The molecule has 0 atom stereocenters. The summed E-state index contributed by atoms with van der Waals surface area (Å²) >= 11 is 8.07. The van der Waals surface area contributed by atoms with Crippen molar-refractivity contribution in [3.05, 3.63) is 56.1 Å². The zero-order valence-corrected chi connectivity index (χ0v) is 13.9. The fourth-order valence-corrected chi connectivity index (χ4v) is 2.56. The maximum absolute atomic E-state index is 12.5. The molecule has 0 radical (unpaired) electrons. The van der Waals surface area contributed by atoms with Crippen molar-refractivity contribution in [1.29, 1.82) is 0 Å². The molecule has 0 saturated heterocycles. The second-order valence-electron chi connectivity index (χ2n) is 4.02. The summed E-state index contributed by atoms with van der Waals surface area (Å²) in [6.45, 7) is 0. The predicted molar refractivity (Wildman–Crippen MR) is 87.1 cm³/mol. The van der Waals surface area contributed by atoms with Crippen LogP contribution in [0.15, 0.2) is 36.4 Å². The van der Waals surface area contributed by atoms with E-state index >= 15 is 0 Å². The minimum atomic E-state index is -0.0992. The number of ether oxygens (including phenoxy) is 2. The standard InChI is InChI=1S/C15H12ClIO3/c1-19-13-6-3-9(7-14(13)20-2)15(18)11-8-10(16)4-5-12(11)17/h3-8H,1-2H3. The Bertz CT molecular complexity index is 656. The maximum Gasteiger partial charge on any atom is 0.194 e. The summed E-state index contributed by atoms with van der Waals surface area (Å²) in [6.07, 6.45) is 0. The summed E-state index contributed by atoms with van der Waals surface area (Å²) in [5, 5.41) is 0.536. The summed E-state index contributed by atoms with van der Waals surface area (Å²) in [6, 6.07) is 10.3. The molecular weight excluding hydrogens is 391 g/mol. The minimum absolute atomic E-state index is 0.0992. The SMILES string of the molecule is COc1ccc(C(=O)c2cc(Cl)ccc2I)cc1OC. The lowest BCUT2D eigenvalue weighted by Gasteiger charge is -2.10. The van der Waals surface area contributed by atoms with Gasteiger partial charge in [0, 0.05) is 19.7 Å². The Morgan fingerprint density at radius 1 is 1.05 bits per heavy atom. The van der Waals surface area contributed by atoms with Crippen LogP contribution in [0.3, 0.4) is 0 Å². The first kappa shape index (κ1) is 15.1. The van der Waals surface area contributed by atoms with E-state index in [0.717, 1.165) is 3.57 Å². The van der Waals surface area contributed by atoms with Crippen molar-refractivity contribution in [2.75, 3.05) is 14.2 Å². The third-order valence-electron chi connectivity index (χ3n) is 2.82. The quantitative estimate of drug-likeness (QED) is 0.568. The summed E-state index contributed by atoms with van der Waals surface area (Å²) in [7, 11) is 3.09. The van der Waals surface area contributed by atoms with Crippen LogP contribution in [0.4, 0.5) is 0 Å². The number of carbonyl (C=O) groups excluding carboxylic acids is 1. The van der Waals surface area contributed by atoms with E-state index in [1.165, 1.54) is 7.11 Å². The molecule has 0 fully saturated rings. The molecule has 0 aliphatic heterocycles. The molecule has 2 aromatic carbocycles. The van der Waals surface area contributed by atoms with Crippen molar-refractivity contribution in [1.82, 2.24) is 0 Å². The molecule has 3 nitrogen and oxygen atoms in total. The van der Waals surface area contributed by atoms with Crippen molar-refractivity contribution in [3.8, 4) is 11.5 Å². The molecule has 5 heteroatoms. The lowest BCUT2D eigenvalue weighted by Crippen LogP contribution is -2.04. The minimum Gasteiger partial charge on any atom is -0.493 e. The van der Waals surface area contributed by atoms with Crippen LogP contribution >= 0.6 is 34.2 Å². The third kappa shape index (κ3) is 3.07. The Hall–Kier alpha value is -1.27. The van der Waals surface area contributed by atoms with Crippen molar-refractivity contribution >= 4 is 40.0 Å². The first-order valence-electron chi connectivity index (χ1n) is 5.78. The normalized spacial score (nSPS) is 10.2. The van der Waals surface area contributed by atoms with E-state index in [1.54, 1.807) is 37.4 Å². The van der Waals surface area contributed by atoms with Crippen molar-refractivity contribution in [3.63, 3.8) is 0 Å². The summed E-state index contributed by atoms with van der Waals surface area (Å²) in [4.78, 5) is 12.5. The van der Waals surface area contributed by atoms with Crippen LogP contribution in [-0.4, -0.2) is 20.0 Å². The Kier molecular flexibility index (Phi) is 4.88. The smallest absolute Gasteiger partial charge is 0.194 e. The van der Waals surface area contributed by atoms with Crippen LogP contribution in [0, 0.1) is 3.57 Å². The summed E-state index contributed by atoms with van der Waals surface area (Å²) in [5.74, 6) is 1.01. The Labute approximate surface area is 136 Å². The number of halogens is 2. The number of rotatable bonds is 4. The molecule has 0 aromatic heterocycles. The monoisotopic (exact) mass is 402 g/mol. The van der Waals surface area contributed by atoms with Gasteiger partial charge in [0.05, 0.1) is 14.2 Å². The van der Waals surface area contributed by atoms with E-state index in [9.17, 15) is 4.79 Å². The molecule has 0 saturated carbocycles. The average Bonchev–Trinajstić information content (AvgIpc) is 2.48. The molecule has 0 unspecified atom stereocenters. The van der Waals surface area contributed by atoms with Gasteiger partial charge in [0.25, 0.3) is 0 Å². The number of methoxy groups -OCH3 is 2. The fraction of sp³-hybridized carbons (Fsp3) is 0.133. The number of ketones is 1. The van der Waals surface area contributed by atoms with E-state index in [0.29, 0.717) is 27.6 Å². The molecule has 0 aliphatic rings. The maximum atomic E-state index is 12.5. The second-order valence-corrected chi connectivity index (χ2v) is 5.62. The van der Waals surface area contributed by atoms with Gasteiger partial charge in [-0.1, -0.05) is 11.6 Å². The first-order valence-corrected chi connectivity index (χ1v) is 7.24. The van der Waals surface area contributed by atoms with Gasteiger partial charge in [-0.2, -0.15) is 0 Å². The Morgan fingerprint density at radius 2 is 1.75 bits per heavy atom. The van der Waals surface area contributed by atoms with Gasteiger partial charge in [-0.25, -0.2) is 0 Å². The molecule has 0 amide bonds. The van der Waals surface area contributed by atoms with Crippen LogP contribution in [0.1, 0.15) is 15.9 Å². The average molecular weight is 403 g/mol. The van der Waals surface area contributed by atoms with Gasteiger partial charge < -0.3 is 9.47 Å². The molecule has 0 aliphatic carbocycles. The molecule has 0 N–H and O–H groups in total. The van der Waals surface area contributed by atoms with Gasteiger partial charge in [-0.15, -0.1) is 0 Å². The van der Waals surface area contributed by atoms with E-state index in [2.05, 4.69) is 22.6 Å². The largest absolute Gasteiger partial charge is 0.493 e. The Balaban J connectivity index is 2.45. The van der Waals surface area contributed by atoms with E-state index in [-0.39, 0.29) is 5.78 Å². The van der Waals surface area contributed by atoms with Gasteiger partial charge in [-0.3, -0.25) is 4.79 Å². The highest BCUT2D eigenvalue weighted by Gasteiger charge is 2.15. The van der Waals surface area contributed by atoms with Gasteiger partial charge in [0.1, 0.15) is 0 Å². The third-order valence-corrected chi connectivity index (χ3v) is 3.99. The van der Waals surface area contributed by atoms with Crippen LogP contribution < -0.4 is 9.47 Å². The summed E-state index contributed by atoms with van der Waals surface area (Å²) < 4.78 is 11.2. The van der Waals surface area contributed by atoms with Crippen LogP contribution in [0.25, 0.3) is 0 Å². The molecule has 0 bridgehead atoms. The first-order chi connectivity index (χ1) is 9.56. The van der Waals surface area contributed by atoms with E-state index < -0.39 is 0 Å². The highest BCUT2D eigenvalue weighted by atomic mass is 127. The summed E-state index contributed by atoms with van der Waals surface area (Å²) in [5.41, 5.74) is 1.10. The van der Waals surface area contributed by atoms with E-state index in [1.807, 2.05) is 6.07 Å². The predicted octanol–water partition coefficient (Wildman–Crippen LogP) is 4.19. The highest BCUT2D eigenvalue weighted by Crippen LogP contribution is 2.29.